The second kappa shape index (κ2) is 8.32. The second-order valence-electron chi connectivity index (χ2n) is 5.13. The number of carbonyl (C=O) groups excluding carboxylic acids is 2. The van der Waals surface area contributed by atoms with Crippen LogP contribution in [0.3, 0.4) is 0 Å². The van der Waals surface area contributed by atoms with Crippen LogP contribution in [0.25, 0.3) is 10.4 Å². The van der Waals surface area contributed by atoms with Gasteiger partial charge >= 0.3 is 0 Å². The van der Waals surface area contributed by atoms with E-state index in [1.165, 1.54) is 0 Å². The highest BCUT2D eigenvalue weighted by atomic mass is 16.2. The largest absolute Gasteiger partial charge is 0.332 e. The molecule has 112 valence electrons. The lowest BCUT2D eigenvalue weighted by Crippen LogP contribution is -2.51. The third kappa shape index (κ3) is 5.84. The highest BCUT2D eigenvalue weighted by Gasteiger charge is 2.29. The second-order valence-corrected chi connectivity index (χ2v) is 5.13. The number of carbonyl (C=O) groups is 2. The average Bonchev–Trinajstić information content (AvgIpc) is 2.41. The van der Waals surface area contributed by atoms with Gasteiger partial charge in [0, 0.05) is 35.5 Å². The van der Waals surface area contributed by atoms with Gasteiger partial charge in [0.2, 0.25) is 11.8 Å². The van der Waals surface area contributed by atoms with E-state index in [0.717, 1.165) is 0 Å². The first kappa shape index (κ1) is 18.1. The van der Waals surface area contributed by atoms with Crippen LogP contribution >= 0.6 is 0 Å². The molecule has 0 N–H and O–H groups in total. The van der Waals surface area contributed by atoms with E-state index in [-0.39, 0.29) is 24.9 Å². The van der Waals surface area contributed by atoms with Crippen molar-refractivity contribution in [3.8, 4) is 0 Å². The van der Waals surface area contributed by atoms with E-state index in [9.17, 15) is 9.59 Å². The van der Waals surface area contributed by atoms with Crippen molar-refractivity contribution in [3.05, 3.63) is 10.4 Å². The average molecular weight is 281 g/mol. The predicted octanol–water partition coefficient (Wildman–Crippen LogP) is 2.71. The number of amides is 2. The molecule has 0 aromatic carbocycles. The first-order valence-electron chi connectivity index (χ1n) is 6.66. The van der Waals surface area contributed by atoms with E-state index in [2.05, 4.69) is 15.0 Å². The Bertz CT molecular complexity index is 436. The van der Waals surface area contributed by atoms with Gasteiger partial charge in [0.05, 0.1) is 6.54 Å². The normalized spacial score (nSPS) is 11.8. The zero-order valence-electron chi connectivity index (χ0n) is 12.9. The van der Waals surface area contributed by atoms with Crippen LogP contribution in [-0.2, 0) is 9.59 Å². The van der Waals surface area contributed by atoms with Crippen molar-refractivity contribution >= 4 is 17.5 Å². The molecule has 2 amide bonds. The highest BCUT2D eigenvalue weighted by Crippen LogP contribution is 2.17. The van der Waals surface area contributed by atoms with Gasteiger partial charge in [0.15, 0.2) is 0 Å². The van der Waals surface area contributed by atoms with Gasteiger partial charge in [-0.3, -0.25) is 9.59 Å². The van der Waals surface area contributed by atoms with Crippen LogP contribution in [0.15, 0.2) is 10.1 Å². The minimum atomic E-state index is -0.620. The number of hydrogen-bond donors (Lipinski definition) is 0. The number of aliphatic imine (C=N–C) groups is 1. The van der Waals surface area contributed by atoms with E-state index < -0.39 is 5.54 Å². The van der Waals surface area contributed by atoms with E-state index in [1.54, 1.807) is 25.7 Å². The van der Waals surface area contributed by atoms with Gasteiger partial charge in [-0.25, -0.2) is 4.99 Å². The Balaban J connectivity index is 5.17. The summed E-state index contributed by atoms with van der Waals surface area (Å²) in [5.41, 5.74) is 8.38. The van der Waals surface area contributed by atoms with Crippen LogP contribution in [0.2, 0.25) is 0 Å². The fourth-order valence-corrected chi connectivity index (χ4v) is 1.68. The van der Waals surface area contributed by atoms with E-state index >= 15 is 0 Å². The fraction of sp³-hybridized carbons (Fsp3) is 0.769. The van der Waals surface area contributed by atoms with Gasteiger partial charge in [-0.05, 0) is 26.3 Å². The smallest absolute Gasteiger partial charge is 0.245 e. The van der Waals surface area contributed by atoms with Crippen LogP contribution in [0.4, 0.5) is 0 Å². The van der Waals surface area contributed by atoms with Crippen LogP contribution in [0.1, 0.15) is 47.5 Å². The van der Waals surface area contributed by atoms with Crippen molar-refractivity contribution in [2.45, 2.75) is 53.0 Å². The van der Waals surface area contributed by atoms with Gasteiger partial charge in [-0.2, -0.15) is 0 Å². The molecule has 0 aromatic rings. The molecule has 7 nitrogen and oxygen atoms in total. The quantitative estimate of drug-likeness (QED) is 0.310. The zero-order chi connectivity index (χ0) is 15.8. The minimum absolute atomic E-state index is 0.0679. The summed E-state index contributed by atoms with van der Waals surface area (Å²) in [6.45, 7) is 9.29. The summed E-state index contributed by atoms with van der Waals surface area (Å²) in [4.78, 5) is 31.6. The molecule has 0 saturated carbocycles. The van der Waals surface area contributed by atoms with Gasteiger partial charge in [0.1, 0.15) is 0 Å². The molecule has 0 fully saturated rings. The molecule has 0 radical (unpaired) electrons. The molecular weight excluding hydrogens is 258 g/mol. The summed E-state index contributed by atoms with van der Waals surface area (Å²) in [5, 5.41) is 3.55. The van der Waals surface area contributed by atoms with Gasteiger partial charge in [-0.1, -0.05) is 19.0 Å². The Morgan fingerprint density at radius 3 is 2.30 bits per heavy atom. The third-order valence-corrected chi connectivity index (χ3v) is 2.86. The maximum absolute atomic E-state index is 12.1. The lowest BCUT2D eigenvalue weighted by atomic mass is 10.0. The van der Waals surface area contributed by atoms with Crippen molar-refractivity contribution in [1.82, 2.24) is 4.90 Å². The molecular formula is C13H23N5O2. The Hall–Kier alpha value is -1.88. The Labute approximate surface area is 119 Å². The number of rotatable bonds is 7. The van der Waals surface area contributed by atoms with Crippen molar-refractivity contribution in [3.63, 3.8) is 0 Å². The van der Waals surface area contributed by atoms with Crippen molar-refractivity contribution in [2.24, 2.45) is 10.1 Å². The molecule has 7 heteroatoms. The molecule has 0 atom stereocenters. The number of azide groups is 1. The standard InChI is InChI=1S/C13H23N5O2/c1-6-11(19)16-10(3)8-18(12(20)7-2)13(4,5)9-15-17-14/h6-9H2,1-5H3. The van der Waals surface area contributed by atoms with Gasteiger partial charge in [0.25, 0.3) is 0 Å². The Kier molecular flexibility index (Phi) is 7.54. The molecule has 0 heterocycles. The lowest BCUT2D eigenvalue weighted by Gasteiger charge is -2.37. The first-order valence-corrected chi connectivity index (χ1v) is 6.66. The van der Waals surface area contributed by atoms with Crippen molar-refractivity contribution in [2.75, 3.05) is 13.1 Å². The lowest BCUT2D eigenvalue weighted by molar-refractivity contribution is -0.134. The summed E-state index contributed by atoms with van der Waals surface area (Å²) in [6, 6.07) is 0. The van der Waals surface area contributed by atoms with E-state index in [4.69, 9.17) is 5.53 Å². The molecule has 0 aromatic heterocycles. The monoisotopic (exact) mass is 281 g/mol. The SMILES string of the molecule is CCC(=O)N=C(C)CN(C(=O)CC)C(C)(C)CN=[N+]=[N-]. The maximum Gasteiger partial charge on any atom is 0.245 e. The molecule has 0 saturated heterocycles. The van der Waals surface area contributed by atoms with E-state index in [0.29, 0.717) is 18.6 Å². The third-order valence-electron chi connectivity index (χ3n) is 2.86. The summed E-state index contributed by atoms with van der Waals surface area (Å²) in [5.74, 6) is -0.277. The Morgan fingerprint density at radius 2 is 1.85 bits per heavy atom. The number of nitrogens with zero attached hydrogens (tertiary/aromatic N) is 5. The van der Waals surface area contributed by atoms with Gasteiger partial charge in [-0.15, -0.1) is 0 Å². The van der Waals surface area contributed by atoms with E-state index in [1.807, 2.05) is 13.8 Å². The zero-order valence-corrected chi connectivity index (χ0v) is 12.9. The first-order chi connectivity index (χ1) is 9.28. The topological polar surface area (TPSA) is 98.5 Å². The maximum atomic E-state index is 12.1. The summed E-state index contributed by atoms with van der Waals surface area (Å²) in [7, 11) is 0. The van der Waals surface area contributed by atoms with Crippen LogP contribution in [0, 0.1) is 0 Å². The molecule has 0 aliphatic heterocycles. The molecule has 0 aliphatic carbocycles. The summed E-state index contributed by atoms with van der Waals surface area (Å²) >= 11 is 0. The molecule has 0 spiro atoms. The molecule has 0 bridgehead atoms. The van der Waals surface area contributed by atoms with Crippen molar-refractivity contribution < 1.29 is 9.59 Å². The molecule has 0 aliphatic rings. The molecule has 0 rings (SSSR count). The Morgan fingerprint density at radius 1 is 1.25 bits per heavy atom. The van der Waals surface area contributed by atoms with Crippen molar-refractivity contribution in [1.29, 1.82) is 0 Å². The van der Waals surface area contributed by atoms with Gasteiger partial charge < -0.3 is 4.90 Å². The molecule has 20 heavy (non-hydrogen) atoms. The van der Waals surface area contributed by atoms with Crippen LogP contribution < -0.4 is 0 Å². The molecule has 0 unspecified atom stereocenters. The number of hydrogen-bond acceptors (Lipinski definition) is 3. The van der Waals surface area contributed by atoms with Crippen LogP contribution in [0.5, 0.6) is 0 Å². The fourth-order valence-electron chi connectivity index (χ4n) is 1.68. The summed E-state index contributed by atoms with van der Waals surface area (Å²) in [6.07, 6.45) is 0.676. The summed E-state index contributed by atoms with van der Waals surface area (Å²) < 4.78 is 0. The van der Waals surface area contributed by atoms with Crippen LogP contribution in [-0.4, -0.2) is 41.1 Å². The predicted molar refractivity (Wildman–Crippen MR) is 78.5 cm³/mol. The highest BCUT2D eigenvalue weighted by molar-refractivity contribution is 5.97. The minimum Gasteiger partial charge on any atom is -0.332 e.